The van der Waals surface area contributed by atoms with Gasteiger partial charge in [-0.2, -0.15) is 0 Å². The summed E-state index contributed by atoms with van der Waals surface area (Å²) in [6, 6.07) is 15.2. The SMILES string of the molecule is CCCC(NC=O)c1ccc2c(c1)c1ccccc1n2CC. The lowest BCUT2D eigenvalue weighted by Crippen LogP contribution is -2.19. The number of benzene rings is 2. The number of rotatable bonds is 6. The zero-order valence-electron chi connectivity index (χ0n) is 13.2. The molecule has 1 amide bonds. The number of nitrogens with one attached hydrogen (secondary N) is 1. The first-order chi connectivity index (χ1) is 10.8. The minimum absolute atomic E-state index is 0.0932. The number of aromatic nitrogens is 1. The second-order valence-corrected chi connectivity index (χ2v) is 5.66. The lowest BCUT2D eigenvalue weighted by molar-refractivity contribution is -0.110. The molecule has 2 aromatic carbocycles. The van der Waals surface area contributed by atoms with Crippen LogP contribution in [0.2, 0.25) is 0 Å². The van der Waals surface area contributed by atoms with Crippen molar-refractivity contribution in [1.82, 2.24) is 9.88 Å². The molecule has 0 fully saturated rings. The van der Waals surface area contributed by atoms with Crippen LogP contribution in [0.15, 0.2) is 42.5 Å². The molecular weight excluding hydrogens is 272 g/mol. The summed E-state index contributed by atoms with van der Waals surface area (Å²) in [6.07, 6.45) is 2.80. The lowest BCUT2D eigenvalue weighted by atomic mass is 10.00. The van der Waals surface area contributed by atoms with Gasteiger partial charge in [0, 0.05) is 28.4 Å². The maximum atomic E-state index is 10.9. The highest BCUT2D eigenvalue weighted by molar-refractivity contribution is 6.08. The number of hydrogen-bond donors (Lipinski definition) is 1. The Kier molecular flexibility index (Phi) is 4.14. The highest BCUT2D eigenvalue weighted by atomic mass is 16.1. The molecule has 0 radical (unpaired) electrons. The molecule has 1 aromatic heterocycles. The van der Waals surface area contributed by atoms with Crippen LogP contribution >= 0.6 is 0 Å². The van der Waals surface area contributed by atoms with Crippen molar-refractivity contribution in [2.24, 2.45) is 0 Å². The quantitative estimate of drug-likeness (QED) is 0.672. The first-order valence-electron chi connectivity index (χ1n) is 8.00. The number of nitrogens with zero attached hydrogens (tertiary/aromatic N) is 1. The molecule has 1 unspecified atom stereocenters. The molecule has 3 nitrogen and oxygen atoms in total. The predicted octanol–water partition coefficient (Wildman–Crippen LogP) is 4.40. The molecule has 0 saturated heterocycles. The van der Waals surface area contributed by atoms with Crippen LogP contribution in [0.5, 0.6) is 0 Å². The third kappa shape index (κ3) is 2.37. The molecule has 0 spiro atoms. The molecule has 0 aliphatic rings. The van der Waals surface area contributed by atoms with Gasteiger partial charge in [0.25, 0.3) is 0 Å². The van der Waals surface area contributed by atoms with Crippen molar-refractivity contribution in [2.75, 3.05) is 0 Å². The van der Waals surface area contributed by atoms with Gasteiger partial charge >= 0.3 is 0 Å². The Bertz CT molecular complexity index is 804. The van der Waals surface area contributed by atoms with E-state index in [0.29, 0.717) is 0 Å². The van der Waals surface area contributed by atoms with Crippen LogP contribution in [-0.2, 0) is 11.3 Å². The van der Waals surface area contributed by atoms with Crippen molar-refractivity contribution in [1.29, 1.82) is 0 Å². The van der Waals surface area contributed by atoms with E-state index >= 15 is 0 Å². The van der Waals surface area contributed by atoms with Crippen molar-refractivity contribution < 1.29 is 4.79 Å². The van der Waals surface area contributed by atoms with Crippen molar-refractivity contribution in [3.63, 3.8) is 0 Å². The van der Waals surface area contributed by atoms with Gasteiger partial charge in [0.05, 0.1) is 6.04 Å². The molecule has 0 saturated carbocycles. The first-order valence-corrected chi connectivity index (χ1v) is 8.00. The maximum absolute atomic E-state index is 10.9. The first kappa shape index (κ1) is 14.6. The molecule has 1 atom stereocenters. The summed E-state index contributed by atoms with van der Waals surface area (Å²) in [7, 11) is 0. The summed E-state index contributed by atoms with van der Waals surface area (Å²) >= 11 is 0. The molecule has 1 N–H and O–H groups in total. The molecule has 22 heavy (non-hydrogen) atoms. The number of hydrogen-bond acceptors (Lipinski definition) is 1. The van der Waals surface area contributed by atoms with Crippen molar-refractivity contribution in [3.05, 3.63) is 48.0 Å². The van der Waals surface area contributed by atoms with Crippen LogP contribution in [0, 0.1) is 0 Å². The zero-order valence-corrected chi connectivity index (χ0v) is 13.2. The Morgan fingerprint density at radius 1 is 1.09 bits per heavy atom. The standard InChI is InChI=1S/C19H22N2O/c1-3-7-17(20-13-22)14-10-11-19-16(12-14)15-8-5-6-9-18(15)21(19)4-2/h5-6,8-13,17H,3-4,7H2,1-2H3,(H,20,22). The largest absolute Gasteiger partial charge is 0.352 e. The number of aryl methyl sites for hydroxylation is 1. The minimum atomic E-state index is 0.0932. The average molecular weight is 294 g/mol. The third-order valence-electron chi connectivity index (χ3n) is 4.36. The third-order valence-corrected chi connectivity index (χ3v) is 4.36. The average Bonchev–Trinajstić information content (AvgIpc) is 2.87. The summed E-state index contributed by atoms with van der Waals surface area (Å²) in [5, 5.41) is 5.49. The van der Waals surface area contributed by atoms with E-state index in [0.717, 1.165) is 25.8 Å². The highest BCUT2D eigenvalue weighted by Gasteiger charge is 2.14. The molecule has 3 rings (SSSR count). The summed E-state index contributed by atoms with van der Waals surface area (Å²) in [5.74, 6) is 0. The van der Waals surface area contributed by atoms with E-state index in [1.807, 2.05) is 0 Å². The van der Waals surface area contributed by atoms with Gasteiger partial charge in [-0.25, -0.2) is 0 Å². The number of amides is 1. The van der Waals surface area contributed by atoms with Gasteiger partial charge in [-0.05, 0) is 37.1 Å². The smallest absolute Gasteiger partial charge is 0.207 e. The van der Waals surface area contributed by atoms with Gasteiger partial charge in [-0.15, -0.1) is 0 Å². The Morgan fingerprint density at radius 3 is 2.59 bits per heavy atom. The van der Waals surface area contributed by atoms with Gasteiger partial charge in [-0.1, -0.05) is 37.6 Å². The van der Waals surface area contributed by atoms with Crippen molar-refractivity contribution in [2.45, 2.75) is 39.3 Å². The van der Waals surface area contributed by atoms with E-state index in [9.17, 15) is 4.79 Å². The van der Waals surface area contributed by atoms with Gasteiger partial charge < -0.3 is 9.88 Å². The Labute approximate surface area is 130 Å². The van der Waals surface area contributed by atoms with Gasteiger partial charge in [0.1, 0.15) is 0 Å². The Morgan fingerprint density at radius 2 is 1.86 bits per heavy atom. The summed E-state index contributed by atoms with van der Waals surface area (Å²) in [5.41, 5.74) is 3.71. The minimum Gasteiger partial charge on any atom is -0.352 e. The summed E-state index contributed by atoms with van der Waals surface area (Å²) in [4.78, 5) is 10.9. The molecule has 0 aliphatic carbocycles. The molecule has 3 aromatic rings. The van der Waals surface area contributed by atoms with Crippen LogP contribution in [0.25, 0.3) is 21.8 Å². The predicted molar refractivity (Wildman–Crippen MR) is 92.0 cm³/mol. The number of carbonyl (C=O) groups is 1. The second kappa shape index (κ2) is 6.22. The fourth-order valence-corrected chi connectivity index (χ4v) is 3.35. The van der Waals surface area contributed by atoms with Crippen LogP contribution in [-0.4, -0.2) is 11.0 Å². The van der Waals surface area contributed by atoms with Gasteiger partial charge in [0.2, 0.25) is 6.41 Å². The second-order valence-electron chi connectivity index (χ2n) is 5.66. The summed E-state index contributed by atoms with van der Waals surface area (Å²) in [6.45, 7) is 5.27. The van der Waals surface area contributed by atoms with Gasteiger partial charge in [0.15, 0.2) is 0 Å². The lowest BCUT2D eigenvalue weighted by Gasteiger charge is -2.16. The van der Waals surface area contributed by atoms with E-state index in [4.69, 9.17) is 0 Å². The normalized spacial score (nSPS) is 12.6. The number of carbonyl (C=O) groups excluding carboxylic acids is 1. The number of para-hydroxylation sites is 1. The van der Waals surface area contributed by atoms with E-state index in [1.54, 1.807) is 0 Å². The van der Waals surface area contributed by atoms with Crippen LogP contribution in [0.1, 0.15) is 38.3 Å². The van der Waals surface area contributed by atoms with Crippen LogP contribution < -0.4 is 5.32 Å². The van der Waals surface area contributed by atoms with E-state index in [1.165, 1.54) is 27.4 Å². The Hall–Kier alpha value is -2.29. The number of fused-ring (bicyclic) bond motifs is 3. The topological polar surface area (TPSA) is 34.0 Å². The van der Waals surface area contributed by atoms with Gasteiger partial charge in [-0.3, -0.25) is 4.79 Å². The van der Waals surface area contributed by atoms with Crippen molar-refractivity contribution in [3.8, 4) is 0 Å². The molecular formula is C19H22N2O. The fraction of sp³-hybridized carbons (Fsp3) is 0.316. The zero-order chi connectivity index (χ0) is 15.5. The monoisotopic (exact) mass is 294 g/mol. The molecule has 1 heterocycles. The van der Waals surface area contributed by atoms with E-state index in [-0.39, 0.29) is 6.04 Å². The summed E-state index contributed by atoms with van der Waals surface area (Å²) < 4.78 is 2.34. The molecule has 3 heteroatoms. The highest BCUT2D eigenvalue weighted by Crippen LogP contribution is 2.31. The van der Waals surface area contributed by atoms with E-state index < -0.39 is 0 Å². The molecule has 0 bridgehead atoms. The molecule has 114 valence electrons. The fourth-order valence-electron chi connectivity index (χ4n) is 3.35. The van der Waals surface area contributed by atoms with Crippen LogP contribution in [0.4, 0.5) is 0 Å². The van der Waals surface area contributed by atoms with E-state index in [2.05, 4.69) is 66.2 Å². The molecule has 0 aliphatic heterocycles. The van der Waals surface area contributed by atoms with Crippen molar-refractivity contribution >= 4 is 28.2 Å². The maximum Gasteiger partial charge on any atom is 0.207 e. The van der Waals surface area contributed by atoms with Crippen LogP contribution in [0.3, 0.4) is 0 Å². The Balaban J connectivity index is 2.20.